The minimum Gasteiger partial charge on any atom is -0.389 e. The number of aliphatic hydroxyl groups is 1. The summed E-state index contributed by atoms with van der Waals surface area (Å²) >= 11 is 0. The highest BCUT2D eigenvalue weighted by atomic mass is 16.3. The monoisotopic (exact) mass is 290 g/mol. The Morgan fingerprint density at radius 2 is 1.76 bits per heavy atom. The number of carbonyl (C=O) groups excluding carboxylic acids is 2. The molecule has 116 valence electrons. The summed E-state index contributed by atoms with van der Waals surface area (Å²) in [6.07, 6.45) is 1.22. The molecule has 0 amide bonds. The first kappa shape index (κ1) is 17.6. The van der Waals surface area contributed by atoms with Crippen molar-refractivity contribution in [1.82, 2.24) is 0 Å². The molecule has 0 heterocycles. The van der Waals surface area contributed by atoms with E-state index in [0.29, 0.717) is 6.42 Å². The second-order valence-electron chi connectivity index (χ2n) is 6.34. The third kappa shape index (κ3) is 5.80. The van der Waals surface area contributed by atoms with Crippen LogP contribution in [0.2, 0.25) is 0 Å². The molecule has 0 fully saturated rings. The van der Waals surface area contributed by atoms with E-state index >= 15 is 0 Å². The molecule has 1 unspecified atom stereocenters. The predicted octanol–water partition coefficient (Wildman–Crippen LogP) is 3.25. The van der Waals surface area contributed by atoms with Crippen molar-refractivity contribution in [1.29, 1.82) is 0 Å². The van der Waals surface area contributed by atoms with Crippen molar-refractivity contribution in [2.45, 2.75) is 59.0 Å². The first-order valence-corrected chi connectivity index (χ1v) is 7.52. The predicted molar refractivity (Wildman–Crippen MR) is 84.2 cm³/mol. The van der Waals surface area contributed by atoms with Gasteiger partial charge < -0.3 is 5.11 Å². The SMILES string of the molecule is CC(=O)CC(=O)CC(O)(CCc1ccc(C)cc1)C(C)C. The van der Waals surface area contributed by atoms with Crippen LogP contribution in [-0.2, 0) is 16.0 Å². The van der Waals surface area contributed by atoms with Crippen molar-refractivity contribution >= 4 is 11.6 Å². The van der Waals surface area contributed by atoms with E-state index < -0.39 is 5.60 Å². The topological polar surface area (TPSA) is 54.4 Å². The Morgan fingerprint density at radius 1 is 1.19 bits per heavy atom. The van der Waals surface area contributed by atoms with Gasteiger partial charge >= 0.3 is 0 Å². The Kier molecular flexibility index (Phi) is 6.28. The molecule has 0 spiro atoms. The molecule has 3 nitrogen and oxygen atoms in total. The minimum absolute atomic E-state index is 0.0288. The standard InChI is InChI=1S/C18H26O3/c1-13(2)18(21,12-17(20)11-15(4)19)10-9-16-7-5-14(3)6-8-16/h5-8,13,21H,9-12H2,1-4H3. The molecule has 0 saturated carbocycles. The lowest BCUT2D eigenvalue weighted by Gasteiger charge is -2.32. The van der Waals surface area contributed by atoms with Crippen LogP contribution in [0.3, 0.4) is 0 Å². The van der Waals surface area contributed by atoms with Gasteiger partial charge in [0.05, 0.1) is 12.0 Å². The number of benzene rings is 1. The van der Waals surface area contributed by atoms with Crippen LogP contribution in [0.15, 0.2) is 24.3 Å². The van der Waals surface area contributed by atoms with Crippen LogP contribution < -0.4 is 0 Å². The van der Waals surface area contributed by atoms with Crippen molar-refractivity contribution in [3.05, 3.63) is 35.4 Å². The number of aryl methyl sites for hydroxylation is 2. The molecular formula is C18H26O3. The maximum absolute atomic E-state index is 11.8. The second-order valence-corrected chi connectivity index (χ2v) is 6.34. The summed E-state index contributed by atoms with van der Waals surface area (Å²) in [5, 5.41) is 10.8. The molecule has 0 aliphatic heterocycles. The number of hydrogen-bond donors (Lipinski definition) is 1. The average Bonchev–Trinajstić information content (AvgIpc) is 2.36. The van der Waals surface area contributed by atoms with Crippen LogP contribution in [0.4, 0.5) is 0 Å². The lowest BCUT2D eigenvalue weighted by Crippen LogP contribution is -2.38. The van der Waals surface area contributed by atoms with E-state index in [4.69, 9.17) is 0 Å². The number of ketones is 2. The quantitative estimate of drug-likeness (QED) is 0.748. The molecule has 1 aromatic rings. The van der Waals surface area contributed by atoms with Gasteiger partial charge in [-0.3, -0.25) is 9.59 Å². The van der Waals surface area contributed by atoms with Crippen LogP contribution in [0.5, 0.6) is 0 Å². The Bertz CT molecular complexity index is 488. The van der Waals surface area contributed by atoms with Crippen LogP contribution in [0.1, 0.15) is 51.2 Å². The molecule has 0 saturated heterocycles. The summed E-state index contributed by atoms with van der Waals surface area (Å²) in [6, 6.07) is 8.19. The molecular weight excluding hydrogens is 264 g/mol. The average molecular weight is 290 g/mol. The van der Waals surface area contributed by atoms with Gasteiger partial charge in [-0.25, -0.2) is 0 Å². The number of hydrogen-bond acceptors (Lipinski definition) is 3. The van der Waals surface area contributed by atoms with E-state index in [9.17, 15) is 14.7 Å². The Morgan fingerprint density at radius 3 is 2.24 bits per heavy atom. The number of rotatable bonds is 8. The molecule has 0 bridgehead atoms. The fraction of sp³-hybridized carbons (Fsp3) is 0.556. The van der Waals surface area contributed by atoms with E-state index in [2.05, 4.69) is 0 Å². The maximum atomic E-state index is 11.8. The fourth-order valence-corrected chi connectivity index (χ4v) is 2.38. The molecule has 0 aliphatic rings. The summed E-state index contributed by atoms with van der Waals surface area (Å²) in [4.78, 5) is 22.9. The lowest BCUT2D eigenvalue weighted by molar-refractivity contribution is -0.130. The minimum atomic E-state index is -1.04. The highest BCUT2D eigenvalue weighted by molar-refractivity contribution is 5.98. The molecule has 0 radical (unpaired) electrons. The molecule has 0 aliphatic carbocycles. The van der Waals surface area contributed by atoms with E-state index in [1.807, 2.05) is 45.0 Å². The van der Waals surface area contributed by atoms with Crippen LogP contribution in [0.25, 0.3) is 0 Å². The van der Waals surface area contributed by atoms with Gasteiger partial charge in [0.1, 0.15) is 11.6 Å². The molecule has 3 heteroatoms. The van der Waals surface area contributed by atoms with Gasteiger partial charge in [0.15, 0.2) is 0 Å². The summed E-state index contributed by atoms with van der Waals surface area (Å²) in [5.74, 6) is -0.355. The first-order valence-electron chi connectivity index (χ1n) is 7.52. The van der Waals surface area contributed by atoms with Crippen molar-refractivity contribution in [3.63, 3.8) is 0 Å². The van der Waals surface area contributed by atoms with Crippen LogP contribution in [-0.4, -0.2) is 22.3 Å². The molecule has 1 aromatic carbocycles. The summed E-state index contributed by atoms with van der Waals surface area (Å²) in [6.45, 7) is 7.26. The van der Waals surface area contributed by atoms with Crippen LogP contribution >= 0.6 is 0 Å². The van der Waals surface area contributed by atoms with Crippen molar-refractivity contribution < 1.29 is 14.7 Å². The highest BCUT2D eigenvalue weighted by Crippen LogP contribution is 2.28. The smallest absolute Gasteiger partial charge is 0.143 e. The van der Waals surface area contributed by atoms with Crippen molar-refractivity contribution in [2.75, 3.05) is 0 Å². The molecule has 1 rings (SSSR count). The van der Waals surface area contributed by atoms with Gasteiger partial charge in [0, 0.05) is 6.42 Å². The van der Waals surface area contributed by atoms with Crippen molar-refractivity contribution in [3.8, 4) is 0 Å². The van der Waals surface area contributed by atoms with E-state index in [1.54, 1.807) is 0 Å². The van der Waals surface area contributed by atoms with E-state index in [1.165, 1.54) is 12.5 Å². The fourth-order valence-electron chi connectivity index (χ4n) is 2.38. The molecule has 1 atom stereocenters. The third-order valence-electron chi connectivity index (χ3n) is 3.99. The van der Waals surface area contributed by atoms with Crippen molar-refractivity contribution in [2.24, 2.45) is 5.92 Å². The summed E-state index contributed by atoms with van der Waals surface area (Å²) in [7, 11) is 0. The molecule has 1 N–H and O–H groups in total. The van der Waals surface area contributed by atoms with Gasteiger partial charge in [-0.15, -0.1) is 0 Å². The van der Waals surface area contributed by atoms with Gasteiger partial charge in [-0.2, -0.15) is 0 Å². The van der Waals surface area contributed by atoms with Gasteiger partial charge in [0.25, 0.3) is 0 Å². The van der Waals surface area contributed by atoms with Gasteiger partial charge in [-0.05, 0) is 38.2 Å². The number of carbonyl (C=O) groups is 2. The van der Waals surface area contributed by atoms with Gasteiger partial charge in [0.2, 0.25) is 0 Å². The second kappa shape index (κ2) is 7.51. The Balaban J connectivity index is 2.69. The van der Waals surface area contributed by atoms with Crippen LogP contribution in [0, 0.1) is 12.8 Å². The van der Waals surface area contributed by atoms with Gasteiger partial charge in [-0.1, -0.05) is 43.7 Å². The Hall–Kier alpha value is -1.48. The molecule has 21 heavy (non-hydrogen) atoms. The first-order chi connectivity index (χ1) is 9.73. The largest absolute Gasteiger partial charge is 0.389 e. The summed E-state index contributed by atoms with van der Waals surface area (Å²) in [5.41, 5.74) is 1.31. The summed E-state index contributed by atoms with van der Waals surface area (Å²) < 4.78 is 0. The lowest BCUT2D eigenvalue weighted by atomic mass is 9.80. The zero-order chi connectivity index (χ0) is 16.0. The van der Waals surface area contributed by atoms with E-state index in [0.717, 1.165) is 12.0 Å². The maximum Gasteiger partial charge on any atom is 0.143 e. The van der Waals surface area contributed by atoms with E-state index in [-0.39, 0.29) is 30.3 Å². The zero-order valence-corrected chi connectivity index (χ0v) is 13.5. The third-order valence-corrected chi connectivity index (χ3v) is 3.99. The normalized spacial score (nSPS) is 14.0. The Labute approximate surface area is 127 Å². The number of Topliss-reactive ketones (excluding diaryl/α,β-unsaturated/α-hetero) is 2. The highest BCUT2D eigenvalue weighted by Gasteiger charge is 2.33. The molecule has 0 aromatic heterocycles. The zero-order valence-electron chi connectivity index (χ0n) is 13.5.